The summed E-state index contributed by atoms with van der Waals surface area (Å²) >= 11 is 1.45. The highest BCUT2D eigenvalue weighted by Crippen LogP contribution is 2.27. The van der Waals surface area contributed by atoms with Gasteiger partial charge in [-0.2, -0.15) is 0 Å². The number of morpholine rings is 1. The molecule has 0 spiro atoms. The maximum Gasteiger partial charge on any atom is 0.263 e. The van der Waals surface area contributed by atoms with E-state index in [2.05, 4.69) is 15.2 Å². The second kappa shape index (κ2) is 5.01. The zero-order chi connectivity index (χ0) is 12.4. The second-order valence-electron chi connectivity index (χ2n) is 4.12. The first-order valence-corrected chi connectivity index (χ1v) is 6.49. The lowest BCUT2D eigenvalue weighted by atomic mass is 10.3. The topological polar surface area (TPSA) is 54.5 Å². The van der Waals surface area contributed by atoms with E-state index in [1.807, 2.05) is 13.8 Å². The molecular weight excluding hydrogens is 238 g/mol. The summed E-state index contributed by atoms with van der Waals surface area (Å²) in [5.41, 5.74) is 0.795. The van der Waals surface area contributed by atoms with Crippen molar-refractivity contribution >= 4 is 22.4 Å². The largest absolute Gasteiger partial charge is 0.375 e. The Kier molecular flexibility index (Phi) is 3.63. The molecule has 5 nitrogen and oxygen atoms in total. The van der Waals surface area contributed by atoms with E-state index in [4.69, 9.17) is 4.74 Å². The molecule has 1 aromatic heterocycles. The summed E-state index contributed by atoms with van der Waals surface area (Å²) in [6.07, 6.45) is 0.219. The minimum Gasteiger partial charge on any atom is -0.375 e. The first-order valence-electron chi connectivity index (χ1n) is 5.68. The highest BCUT2D eigenvalue weighted by molar-refractivity contribution is 7.17. The van der Waals surface area contributed by atoms with Crippen LogP contribution in [0.5, 0.6) is 0 Å². The van der Waals surface area contributed by atoms with Gasteiger partial charge in [0.2, 0.25) is 0 Å². The summed E-state index contributed by atoms with van der Waals surface area (Å²) in [4.78, 5) is 19.0. The van der Waals surface area contributed by atoms with Gasteiger partial charge in [0.15, 0.2) is 5.13 Å². The molecular formula is C11H17N3O2S. The number of ether oxygens (including phenoxy) is 1. The van der Waals surface area contributed by atoms with Gasteiger partial charge in [-0.25, -0.2) is 4.98 Å². The fourth-order valence-corrected chi connectivity index (χ4v) is 2.88. The molecule has 1 amide bonds. The Morgan fingerprint density at radius 3 is 3.06 bits per heavy atom. The number of aromatic nitrogens is 1. The van der Waals surface area contributed by atoms with Crippen molar-refractivity contribution in [3.05, 3.63) is 10.6 Å². The lowest BCUT2D eigenvalue weighted by Gasteiger charge is -2.30. The van der Waals surface area contributed by atoms with Crippen LogP contribution in [0, 0.1) is 6.92 Å². The summed E-state index contributed by atoms with van der Waals surface area (Å²) in [7, 11) is 1.64. The molecule has 17 heavy (non-hydrogen) atoms. The number of nitrogens with one attached hydrogen (secondary N) is 1. The van der Waals surface area contributed by atoms with Gasteiger partial charge in [-0.05, 0) is 13.8 Å². The molecule has 1 fully saturated rings. The number of thiazole rings is 1. The van der Waals surface area contributed by atoms with Crippen molar-refractivity contribution in [1.82, 2.24) is 10.3 Å². The van der Waals surface area contributed by atoms with Gasteiger partial charge < -0.3 is 15.0 Å². The Balaban J connectivity index is 2.19. The van der Waals surface area contributed by atoms with E-state index in [1.54, 1.807) is 7.05 Å². The zero-order valence-corrected chi connectivity index (χ0v) is 11.1. The molecule has 0 aliphatic carbocycles. The number of hydrogen-bond donors (Lipinski definition) is 1. The minimum atomic E-state index is -0.0624. The molecule has 0 radical (unpaired) electrons. The summed E-state index contributed by atoms with van der Waals surface area (Å²) in [5, 5.41) is 3.55. The van der Waals surface area contributed by atoms with Gasteiger partial charge in [-0.1, -0.05) is 11.3 Å². The lowest BCUT2D eigenvalue weighted by molar-refractivity contribution is 0.0532. The summed E-state index contributed by atoms with van der Waals surface area (Å²) in [6, 6.07) is 0. The third-order valence-electron chi connectivity index (χ3n) is 2.73. The number of carbonyl (C=O) groups is 1. The van der Waals surface area contributed by atoms with Crippen LogP contribution in [0.25, 0.3) is 0 Å². The second-order valence-corrected chi connectivity index (χ2v) is 5.10. The van der Waals surface area contributed by atoms with Crippen LogP contribution in [-0.2, 0) is 4.74 Å². The van der Waals surface area contributed by atoms with E-state index in [9.17, 15) is 4.79 Å². The number of hydrogen-bond acceptors (Lipinski definition) is 5. The van der Waals surface area contributed by atoms with Gasteiger partial charge >= 0.3 is 0 Å². The number of amides is 1. The first kappa shape index (κ1) is 12.3. The van der Waals surface area contributed by atoms with Gasteiger partial charge in [0.05, 0.1) is 18.4 Å². The Morgan fingerprint density at radius 2 is 2.41 bits per heavy atom. The Labute approximate surface area is 105 Å². The SMILES string of the molecule is CNC(=O)c1sc(N2CCOC(C)C2)nc1C. The minimum absolute atomic E-state index is 0.0624. The average molecular weight is 255 g/mol. The lowest BCUT2D eigenvalue weighted by Crippen LogP contribution is -2.41. The predicted molar refractivity (Wildman–Crippen MR) is 67.9 cm³/mol. The molecule has 0 bridgehead atoms. The Hall–Kier alpha value is -1.14. The fraction of sp³-hybridized carbons (Fsp3) is 0.636. The Bertz CT molecular complexity index is 419. The van der Waals surface area contributed by atoms with Crippen LogP contribution in [0.4, 0.5) is 5.13 Å². The molecule has 1 atom stereocenters. The summed E-state index contributed by atoms with van der Waals surface area (Å²) < 4.78 is 5.49. The molecule has 1 aliphatic rings. The number of nitrogens with zero attached hydrogens (tertiary/aromatic N) is 2. The van der Waals surface area contributed by atoms with Gasteiger partial charge in [0.25, 0.3) is 5.91 Å². The molecule has 0 saturated carbocycles. The van der Waals surface area contributed by atoms with E-state index in [0.717, 1.165) is 30.5 Å². The van der Waals surface area contributed by atoms with Gasteiger partial charge in [-0.3, -0.25) is 4.79 Å². The first-order chi connectivity index (χ1) is 8.11. The quantitative estimate of drug-likeness (QED) is 0.858. The highest BCUT2D eigenvalue weighted by atomic mass is 32.1. The molecule has 1 N–H and O–H groups in total. The van der Waals surface area contributed by atoms with Gasteiger partial charge in [-0.15, -0.1) is 0 Å². The maximum absolute atomic E-state index is 11.6. The molecule has 1 aliphatic heterocycles. The molecule has 2 rings (SSSR count). The van der Waals surface area contributed by atoms with Crippen LogP contribution in [0.2, 0.25) is 0 Å². The number of aryl methyl sites for hydroxylation is 1. The molecule has 2 heterocycles. The standard InChI is InChI=1S/C11H17N3O2S/c1-7-6-14(4-5-16-7)11-13-8(2)9(17-11)10(15)12-3/h7H,4-6H2,1-3H3,(H,12,15). The van der Waals surface area contributed by atoms with Crippen LogP contribution in [0.3, 0.4) is 0 Å². The van der Waals surface area contributed by atoms with E-state index < -0.39 is 0 Å². The van der Waals surface area contributed by atoms with Crippen molar-refractivity contribution in [2.75, 3.05) is 31.6 Å². The summed E-state index contributed by atoms with van der Waals surface area (Å²) in [5.74, 6) is -0.0624. The third-order valence-corrected chi connectivity index (χ3v) is 3.95. The molecule has 1 saturated heterocycles. The van der Waals surface area contributed by atoms with Crippen LogP contribution in [0.1, 0.15) is 22.3 Å². The molecule has 94 valence electrons. The van der Waals surface area contributed by atoms with Crippen molar-refractivity contribution in [1.29, 1.82) is 0 Å². The predicted octanol–water partition coefficient (Wildman–Crippen LogP) is 1.04. The number of anilines is 1. The van der Waals surface area contributed by atoms with Crippen molar-refractivity contribution in [2.24, 2.45) is 0 Å². The number of rotatable bonds is 2. The van der Waals surface area contributed by atoms with E-state index in [1.165, 1.54) is 11.3 Å². The van der Waals surface area contributed by atoms with Crippen LogP contribution in [-0.4, -0.2) is 43.7 Å². The van der Waals surface area contributed by atoms with Gasteiger partial charge in [0, 0.05) is 20.1 Å². The fourth-order valence-electron chi connectivity index (χ4n) is 1.83. The molecule has 0 aromatic carbocycles. The molecule has 6 heteroatoms. The van der Waals surface area contributed by atoms with Crippen molar-refractivity contribution in [2.45, 2.75) is 20.0 Å². The highest BCUT2D eigenvalue weighted by Gasteiger charge is 2.22. The summed E-state index contributed by atoms with van der Waals surface area (Å²) in [6.45, 7) is 6.31. The molecule has 1 unspecified atom stereocenters. The van der Waals surface area contributed by atoms with Crippen molar-refractivity contribution in [3.8, 4) is 0 Å². The Morgan fingerprint density at radius 1 is 1.65 bits per heavy atom. The maximum atomic E-state index is 11.6. The van der Waals surface area contributed by atoms with Gasteiger partial charge in [0.1, 0.15) is 4.88 Å². The van der Waals surface area contributed by atoms with E-state index >= 15 is 0 Å². The van der Waals surface area contributed by atoms with Crippen molar-refractivity contribution < 1.29 is 9.53 Å². The van der Waals surface area contributed by atoms with Crippen LogP contribution in [0.15, 0.2) is 0 Å². The zero-order valence-electron chi connectivity index (χ0n) is 10.3. The van der Waals surface area contributed by atoms with Crippen molar-refractivity contribution in [3.63, 3.8) is 0 Å². The third kappa shape index (κ3) is 2.58. The monoisotopic (exact) mass is 255 g/mol. The van der Waals surface area contributed by atoms with E-state index in [0.29, 0.717) is 4.88 Å². The van der Waals surface area contributed by atoms with Crippen LogP contribution < -0.4 is 10.2 Å². The van der Waals surface area contributed by atoms with Crippen LogP contribution >= 0.6 is 11.3 Å². The van der Waals surface area contributed by atoms with E-state index in [-0.39, 0.29) is 12.0 Å². The number of carbonyl (C=O) groups excluding carboxylic acids is 1. The average Bonchev–Trinajstić information content (AvgIpc) is 2.70. The normalized spacial score (nSPS) is 20.4. The smallest absolute Gasteiger partial charge is 0.263 e. The molecule has 1 aromatic rings.